The third-order valence-electron chi connectivity index (χ3n) is 2.36. The van der Waals surface area contributed by atoms with Gasteiger partial charge in [-0.05, 0) is 11.6 Å². The van der Waals surface area contributed by atoms with Gasteiger partial charge in [0.1, 0.15) is 5.82 Å². The van der Waals surface area contributed by atoms with Crippen molar-refractivity contribution in [2.24, 2.45) is 0 Å². The molecule has 0 bridgehead atoms. The lowest BCUT2D eigenvalue weighted by Gasteiger charge is -2.09. The van der Waals surface area contributed by atoms with Gasteiger partial charge in [0.15, 0.2) is 0 Å². The van der Waals surface area contributed by atoms with Gasteiger partial charge in [0.05, 0.1) is 0 Å². The van der Waals surface area contributed by atoms with Gasteiger partial charge >= 0.3 is 0 Å². The Morgan fingerprint density at radius 2 is 1.31 bits per heavy atom. The summed E-state index contributed by atoms with van der Waals surface area (Å²) >= 11 is 0. The van der Waals surface area contributed by atoms with Gasteiger partial charge in [0.25, 0.3) is 6.43 Å². The van der Waals surface area contributed by atoms with Crippen molar-refractivity contribution in [3.63, 3.8) is 0 Å². The lowest BCUT2D eigenvalue weighted by Crippen LogP contribution is -1.91. The second-order valence-corrected chi connectivity index (χ2v) is 3.37. The highest BCUT2D eigenvalue weighted by atomic mass is 19.3. The zero-order valence-corrected chi connectivity index (χ0v) is 8.33. The molecule has 0 aliphatic carbocycles. The molecule has 2 aromatic carbocycles. The zero-order chi connectivity index (χ0) is 11.5. The van der Waals surface area contributed by atoms with E-state index in [0.29, 0.717) is 0 Å². The summed E-state index contributed by atoms with van der Waals surface area (Å²) in [5.74, 6) is -0.490. The molecule has 0 aliphatic heterocycles. The average Bonchev–Trinajstić information content (AvgIpc) is 2.29. The fraction of sp³-hybridized carbons (Fsp3) is 0.0769. The van der Waals surface area contributed by atoms with E-state index in [4.69, 9.17) is 0 Å². The normalized spacial score (nSPS) is 10.8. The maximum atomic E-state index is 13.5. The Hall–Kier alpha value is -1.77. The minimum atomic E-state index is -2.60. The zero-order valence-electron chi connectivity index (χ0n) is 8.33. The number of hydrogen-bond donors (Lipinski definition) is 0. The van der Waals surface area contributed by atoms with Crippen molar-refractivity contribution in [3.8, 4) is 11.1 Å². The van der Waals surface area contributed by atoms with Gasteiger partial charge < -0.3 is 0 Å². The van der Waals surface area contributed by atoms with Gasteiger partial charge in [0.2, 0.25) is 0 Å². The van der Waals surface area contributed by atoms with Crippen LogP contribution in [0.4, 0.5) is 13.2 Å². The van der Waals surface area contributed by atoms with E-state index < -0.39 is 12.2 Å². The Bertz CT molecular complexity index is 492. The minimum Gasteiger partial charge on any atom is -0.206 e. The molecule has 0 N–H and O–H groups in total. The van der Waals surface area contributed by atoms with Crippen LogP contribution in [0.5, 0.6) is 0 Å². The van der Waals surface area contributed by atoms with E-state index >= 15 is 0 Å². The summed E-state index contributed by atoms with van der Waals surface area (Å²) < 4.78 is 38.9. The molecular weight excluding hydrogens is 213 g/mol. The topological polar surface area (TPSA) is 0 Å². The SMILES string of the molecule is Fc1ccccc1-c1ccccc1C(F)F. The molecule has 0 aromatic heterocycles. The first-order valence-corrected chi connectivity index (χ1v) is 4.82. The van der Waals surface area contributed by atoms with Crippen LogP contribution in [0.2, 0.25) is 0 Å². The first kappa shape index (κ1) is 10.7. The van der Waals surface area contributed by atoms with Crippen molar-refractivity contribution < 1.29 is 13.2 Å². The van der Waals surface area contributed by atoms with Gasteiger partial charge in [-0.25, -0.2) is 13.2 Å². The summed E-state index contributed by atoms with van der Waals surface area (Å²) in [6.45, 7) is 0. The van der Waals surface area contributed by atoms with Crippen LogP contribution in [0.15, 0.2) is 48.5 Å². The van der Waals surface area contributed by atoms with E-state index in [9.17, 15) is 13.2 Å². The maximum absolute atomic E-state index is 13.5. The van der Waals surface area contributed by atoms with Crippen molar-refractivity contribution in [2.75, 3.05) is 0 Å². The number of hydrogen-bond acceptors (Lipinski definition) is 0. The predicted octanol–water partition coefficient (Wildman–Crippen LogP) is 4.43. The summed E-state index contributed by atoms with van der Waals surface area (Å²) in [7, 11) is 0. The van der Waals surface area contributed by atoms with Crippen LogP contribution in [0.1, 0.15) is 12.0 Å². The van der Waals surface area contributed by atoms with Crippen LogP contribution in [0.25, 0.3) is 11.1 Å². The maximum Gasteiger partial charge on any atom is 0.264 e. The Labute approximate surface area is 91.4 Å². The molecule has 0 amide bonds. The number of alkyl halides is 2. The van der Waals surface area contributed by atoms with Crippen LogP contribution in [-0.2, 0) is 0 Å². The first-order valence-electron chi connectivity index (χ1n) is 4.82. The molecule has 0 saturated heterocycles. The highest BCUT2D eigenvalue weighted by Crippen LogP contribution is 2.32. The van der Waals surface area contributed by atoms with Crippen molar-refractivity contribution >= 4 is 0 Å². The summed E-state index contributed by atoms with van der Waals surface area (Å²) in [6, 6.07) is 11.9. The molecule has 0 aliphatic rings. The van der Waals surface area contributed by atoms with Crippen molar-refractivity contribution in [2.45, 2.75) is 6.43 Å². The van der Waals surface area contributed by atoms with E-state index in [0.717, 1.165) is 0 Å². The molecule has 0 heterocycles. The Kier molecular flexibility index (Phi) is 2.95. The molecule has 3 heteroatoms. The fourth-order valence-electron chi connectivity index (χ4n) is 1.61. The second kappa shape index (κ2) is 4.39. The highest BCUT2D eigenvalue weighted by Gasteiger charge is 2.15. The van der Waals surface area contributed by atoms with Crippen molar-refractivity contribution in [1.82, 2.24) is 0 Å². The second-order valence-electron chi connectivity index (χ2n) is 3.37. The summed E-state index contributed by atoms with van der Waals surface area (Å²) in [5.41, 5.74) is 0.307. The lowest BCUT2D eigenvalue weighted by molar-refractivity contribution is 0.152. The number of rotatable bonds is 2. The summed E-state index contributed by atoms with van der Waals surface area (Å²) in [4.78, 5) is 0. The number of benzene rings is 2. The van der Waals surface area contributed by atoms with Crippen LogP contribution in [0, 0.1) is 5.82 Å². The van der Waals surface area contributed by atoms with Crippen LogP contribution in [-0.4, -0.2) is 0 Å². The Balaban J connectivity index is 2.60. The fourth-order valence-corrected chi connectivity index (χ4v) is 1.61. The van der Waals surface area contributed by atoms with Crippen molar-refractivity contribution in [1.29, 1.82) is 0 Å². The standard InChI is InChI=1S/C13H9F3/c14-12-8-4-3-6-10(12)9-5-1-2-7-11(9)13(15)16/h1-8,13H. The molecule has 0 fully saturated rings. The molecule has 0 spiro atoms. The molecule has 82 valence electrons. The Morgan fingerprint density at radius 1 is 0.750 bits per heavy atom. The molecule has 0 nitrogen and oxygen atoms in total. The predicted molar refractivity (Wildman–Crippen MR) is 56.8 cm³/mol. The van der Waals surface area contributed by atoms with Crippen molar-refractivity contribution in [3.05, 3.63) is 59.9 Å². The highest BCUT2D eigenvalue weighted by molar-refractivity contribution is 5.68. The third kappa shape index (κ3) is 1.94. The van der Waals surface area contributed by atoms with Gasteiger partial charge in [-0.2, -0.15) is 0 Å². The van der Waals surface area contributed by atoms with E-state index in [2.05, 4.69) is 0 Å². The monoisotopic (exact) mass is 222 g/mol. The average molecular weight is 222 g/mol. The molecule has 0 radical (unpaired) electrons. The van der Waals surface area contributed by atoms with Gasteiger partial charge in [-0.1, -0.05) is 42.5 Å². The molecular formula is C13H9F3. The summed E-state index contributed by atoms with van der Waals surface area (Å²) in [5, 5.41) is 0. The molecule has 0 unspecified atom stereocenters. The van der Waals surface area contributed by atoms with E-state index in [1.54, 1.807) is 12.1 Å². The largest absolute Gasteiger partial charge is 0.264 e. The third-order valence-corrected chi connectivity index (χ3v) is 2.36. The van der Waals surface area contributed by atoms with Crippen LogP contribution >= 0.6 is 0 Å². The lowest BCUT2D eigenvalue weighted by atomic mass is 9.99. The Morgan fingerprint density at radius 3 is 1.94 bits per heavy atom. The van der Waals surface area contributed by atoms with Gasteiger partial charge in [-0.3, -0.25) is 0 Å². The van der Waals surface area contributed by atoms with Gasteiger partial charge in [0, 0.05) is 11.1 Å². The smallest absolute Gasteiger partial charge is 0.206 e. The van der Waals surface area contributed by atoms with Gasteiger partial charge in [-0.15, -0.1) is 0 Å². The molecule has 0 saturated carbocycles. The first-order chi connectivity index (χ1) is 7.70. The van der Waals surface area contributed by atoms with E-state index in [1.165, 1.54) is 36.4 Å². The number of halogens is 3. The molecule has 2 rings (SSSR count). The molecule has 16 heavy (non-hydrogen) atoms. The summed E-state index contributed by atoms with van der Waals surface area (Å²) in [6.07, 6.45) is -2.60. The molecule has 2 aromatic rings. The van der Waals surface area contributed by atoms with E-state index in [1.807, 2.05) is 0 Å². The van der Waals surface area contributed by atoms with Crippen LogP contribution in [0.3, 0.4) is 0 Å². The molecule has 0 atom stereocenters. The van der Waals surface area contributed by atoms with Crippen LogP contribution < -0.4 is 0 Å². The quantitative estimate of drug-likeness (QED) is 0.705. The minimum absolute atomic E-state index is 0.146. The van der Waals surface area contributed by atoms with E-state index in [-0.39, 0.29) is 16.7 Å².